The van der Waals surface area contributed by atoms with E-state index in [1.54, 1.807) is 0 Å². The summed E-state index contributed by atoms with van der Waals surface area (Å²) in [5.74, 6) is 32.2. The van der Waals surface area contributed by atoms with Crippen molar-refractivity contribution in [3.63, 3.8) is 0 Å². The Balaban J connectivity index is 4.92. The summed E-state index contributed by atoms with van der Waals surface area (Å²) < 4.78 is 0. The average Bonchev–Trinajstić information content (AvgIpc) is 2.67. The van der Waals surface area contributed by atoms with Crippen molar-refractivity contribution in [2.45, 2.75) is 122 Å². The highest BCUT2D eigenvalue weighted by atomic mass is 28.3. The third kappa shape index (κ3) is 12.7. The van der Waals surface area contributed by atoms with Crippen molar-refractivity contribution in [2.24, 2.45) is 21.7 Å². The fourth-order valence-corrected chi connectivity index (χ4v) is 5.75. The molecule has 0 N–H and O–H groups in total. The number of hydrogen-bond donors (Lipinski definition) is 0. The van der Waals surface area contributed by atoms with E-state index in [0.717, 1.165) is 27.8 Å². The van der Waals surface area contributed by atoms with Gasteiger partial charge in [0.1, 0.15) is 8.07 Å². The van der Waals surface area contributed by atoms with Gasteiger partial charge in [0.15, 0.2) is 0 Å². The van der Waals surface area contributed by atoms with E-state index in [2.05, 4.69) is 181 Å². The maximum absolute atomic E-state index is 3.70. The molecular weight excluding hydrogens is 513 g/mol. The van der Waals surface area contributed by atoms with Gasteiger partial charge in [-0.05, 0) is 88.3 Å². The van der Waals surface area contributed by atoms with E-state index in [1.165, 1.54) is 5.19 Å². The van der Waals surface area contributed by atoms with Crippen LogP contribution >= 0.6 is 0 Å². The van der Waals surface area contributed by atoms with Crippen LogP contribution in [0.25, 0.3) is 0 Å². The predicted octanol–water partition coefficient (Wildman–Crippen LogP) is 9.05. The van der Waals surface area contributed by atoms with Crippen LogP contribution in [0.1, 0.15) is 111 Å². The molecule has 0 fully saturated rings. The van der Waals surface area contributed by atoms with Crippen molar-refractivity contribution in [2.75, 3.05) is 0 Å². The van der Waals surface area contributed by atoms with Crippen LogP contribution in [0.4, 0.5) is 0 Å². The molecule has 40 heavy (non-hydrogen) atoms. The van der Waals surface area contributed by atoms with Crippen LogP contribution in [0.5, 0.6) is 0 Å². The van der Waals surface area contributed by atoms with E-state index < -0.39 is 16.1 Å². The van der Waals surface area contributed by atoms with Gasteiger partial charge < -0.3 is 0 Å². The van der Waals surface area contributed by atoms with Crippen LogP contribution < -0.4 is 5.19 Å². The van der Waals surface area contributed by atoms with Crippen molar-refractivity contribution in [3.05, 3.63) is 27.8 Å². The Morgan fingerprint density at radius 1 is 0.375 bits per heavy atom. The Hall–Kier alpha value is -2.55. The summed E-state index contributed by atoms with van der Waals surface area (Å²) in [6.07, 6.45) is 0. The maximum Gasteiger partial charge on any atom is 0.129 e. The molecule has 2 heteroatoms. The molecule has 0 aliphatic rings. The molecule has 0 aromatic heterocycles. The van der Waals surface area contributed by atoms with Crippen molar-refractivity contribution >= 4 is 21.3 Å². The SMILES string of the molecule is CC(C)(C)C#Cc1c(C#CC(C)(C)C)c(C#CC(C)(C)C)c([Si](C)(C)C)c(C#C[Si](C)(C)C)c1C#CC(C)(C)C. The van der Waals surface area contributed by atoms with E-state index >= 15 is 0 Å². The zero-order chi connectivity index (χ0) is 31.5. The molecule has 0 amide bonds. The van der Waals surface area contributed by atoms with E-state index in [-0.39, 0.29) is 21.7 Å². The molecule has 1 rings (SSSR count). The molecule has 0 aliphatic heterocycles. The highest BCUT2D eigenvalue weighted by Crippen LogP contribution is 2.27. The predicted molar refractivity (Wildman–Crippen MR) is 185 cm³/mol. The van der Waals surface area contributed by atoms with Gasteiger partial charge in [0.25, 0.3) is 0 Å². The van der Waals surface area contributed by atoms with Crippen molar-refractivity contribution in [1.82, 2.24) is 0 Å². The largest absolute Gasteiger partial charge is 0.129 e. The Morgan fingerprint density at radius 2 is 0.625 bits per heavy atom. The smallest absolute Gasteiger partial charge is 0.127 e. The lowest BCUT2D eigenvalue weighted by Gasteiger charge is -2.25. The normalized spacial score (nSPS) is 12.2. The van der Waals surface area contributed by atoms with Crippen molar-refractivity contribution < 1.29 is 0 Å². The quantitative estimate of drug-likeness (QED) is 0.235. The van der Waals surface area contributed by atoms with Gasteiger partial charge in [0.2, 0.25) is 0 Å². The molecule has 0 aliphatic carbocycles. The lowest BCUT2D eigenvalue weighted by Crippen LogP contribution is -2.43. The van der Waals surface area contributed by atoms with Gasteiger partial charge in [-0.2, -0.15) is 0 Å². The van der Waals surface area contributed by atoms with E-state index in [4.69, 9.17) is 0 Å². The summed E-state index contributed by atoms with van der Waals surface area (Å²) >= 11 is 0. The fraction of sp³-hybridized carbons (Fsp3) is 0.579. The Kier molecular flexibility index (Phi) is 10.8. The molecule has 0 heterocycles. The minimum Gasteiger partial charge on any atom is -0.127 e. The van der Waals surface area contributed by atoms with Crippen LogP contribution in [0.15, 0.2) is 0 Å². The first kappa shape index (κ1) is 35.5. The molecule has 0 saturated heterocycles. The Labute approximate surface area is 251 Å². The van der Waals surface area contributed by atoms with Crippen LogP contribution in [0.2, 0.25) is 39.3 Å². The molecule has 0 saturated carbocycles. The van der Waals surface area contributed by atoms with Crippen molar-refractivity contribution in [1.29, 1.82) is 0 Å². The third-order valence-corrected chi connectivity index (χ3v) is 7.94. The number of rotatable bonds is 1. The lowest BCUT2D eigenvalue weighted by molar-refractivity contribution is 0.570. The standard InChI is InChI=1S/C38H54Si2/c1-35(2,3)24-19-29-30(20-25-36(4,5)6)32(22-27-38(10,11)12)34(40(16,17)18)33(23-28-39(13,14)15)31(29)21-26-37(7,8)9/h1-18H3. The fourth-order valence-electron chi connectivity index (χ4n) is 3.38. The van der Waals surface area contributed by atoms with Gasteiger partial charge >= 0.3 is 0 Å². The molecule has 0 atom stereocenters. The molecule has 214 valence electrons. The molecule has 0 spiro atoms. The number of benzene rings is 1. The summed E-state index contributed by atoms with van der Waals surface area (Å²) in [4.78, 5) is 0. The maximum atomic E-state index is 3.70. The third-order valence-electron chi connectivity index (χ3n) is 5.06. The van der Waals surface area contributed by atoms with Crippen LogP contribution in [0, 0.1) is 80.5 Å². The second kappa shape index (κ2) is 12.1. The van der Waals surface area contributed by atoms with Gasteiger partial charge in [-0.25, -0.2) is 0 Å². The van der Waals surface area contributed by atoms with Gasteiger partial charge in [-0.15, -0.1) is 5.54 Å². The first-order chi connectivity index (χ1) is 17.6. The van der Waals surface area contributed by atoms with E-state index in [1.807, 2.05) is 0 Å². The second-order valence-electron chi connectivity index (χ2n) is 17.0. The Morgan fingerprint density at radius 3 is 0.875 bits per heavy atom. The first-order valence-electron chi connectivity index (χ1n) is 14.5. The second-order valence-corrected chi connectivity index (χ2v) is 26.8. The van der Waals surface area contributed by atoms with E-state index in [0.29, 0.717) is 0 Å². The number of hydrogen-bond acceptors (Lipinski definition) is 0. The lowest BCUT2D eigenvalue weighted by atomic mass is 9.87. The highest BCUT2D eigenvalue weighted by Gasteiger charge is 2.30. The zero-order valence-electron chi connectivity index (χ0n) is 29.0. The van der Waals surface area contributed by atoms with Crippen LogP contribution in [-0.4, -0.2) is 16.1 Å². The van der Waals surface area contributed by atoms with Crippen LogP contribution in [-0.2, 0) is 0 Å². The van der Waals surface area contributed by atoms with Gasteiger partial charge in [-0.3, -0.25) is 0 Å². The molecule has 1 aromatic carbocycles. The van der Waals surface area contributed by atoms with Crippen molar-refractivity contribution in [3.8, 4) is 58.8 Å². The van der Waals surface area contributed by atoms with Gasteiger partial charge in [0, 0.05) is 32.8 Å². The molecule has 0 unspecified atom stereocenters. The molecular formula is C38H54Si2. The average molecular weight is 567 g/mol. The van der Waals surface area contributed by atoms with Crippen LogP contribution in [0.3, 0.4) is 0 Å². The van der Waals surface area contributed by atoms with Gasteiger partial charge in [0.05, 0.1) is 24.8 Å². The topological polar surface area (TPSA) is 0 Å². The first-order valence-corrected chi connectivity index (χ1v) is 21.5. The summed E-state index contributed by atoms with van der Waals surface area (Å²) in [5.41, 5.74) is 7.75. The Bertz CT molecular complexity index is 1340. The summed E-state index contributed by atoms with van der Waals surface area (Å²) in [6, 6.07) is 0. The molecule has 1 aromatic rings. The van der Waals surface area contributed by atoms with Gasteiger partial charge in [-0.1, -0.05) is 92.6 Å². The molecule has 0 bridgehead atoms. The minimum atomic E-state index is -1.98. The summed E-state index contributed by atoms with van der Waals surface area (Å²) in [7, 11) is -3.67. The minimum absolute atomic E-state index is 0.155. The molecule has 0 nitrogen and oxygen atoms in total. The zero-order valence-corrected chi connectivity index (χ0v) is 31.0. The monoisotopic (exact) mass is 566 g/mol. The highest BCUT2D eigenvalue weighted by molar-refractivity contribution is 6.89. The molecule has 0 radical (unpaired) electrons. The summed E-state index contributed by atoms with van der Waals surface area (Å²) in [6.45, 7) is 39.8. The van der Waals surface area contributed by atoms with E-state index in [9.17, 15) is 0 Å². The summed E-state index contributed by atoms with van der Waals surface area (Å²) in [5, 5.41) is 1.26.